The van der Waals surface area contributed by atoms with E-state index in [-0.39, 0.29) is 5.69 Å². The lowest BCUT2D eigenvalue weighted by Gasteiger charge is -2.48. The molecule has 0 radical (unpaired) electrons. The van der Waals surface area contributed by atoms with E-state index in [9.17, 15) is 32.9 Å². The predicted octanol–water partition coefficient (Wildman–Crippen LogP) is 5.14. The van der Waals surface area contributed by atoms with Crippen LogP contribution in [0.25, 0.3) is 0 Å². The predicted molar refractivity (Wildman–Crippen MR) is 118 cm³/mol. The van der Waals surface area contributed by atoms with Crippen LogP contribution in [0.2, 0.25) is 5.02 Å². The van der Waals surface area contributed by atoms with E-state index in [1.165, 1.54) is 0 Å². The van der Waals surface area contributed by atoms with Crippen LogP contribution in [0.1, 0.15) is 33.7 Å². The molecule has 1 saturated heterocycles. The van der Waals surface area contributed by atoms with Gasteiger partial charge in [0.2, 0.25) is 11.8 Å². The number of halogens is 4. The summed E-state index contributed by atoms with van der Waals surface area (Å²) in [7, 11) is 0. The van der Waals surface area contributed by atoms with Gasteiger partial charge in [-0.3, -0.25) is 19.7 Å². The first-order valence-electron chi connectivity index (χ1n) is 10.7. The van der Waals surface area contributed by atoms with Gasteiger partial charge < -0.3 is 0 Å². The van der Waals surface area contributed by atoms with Crippen LogP contribution in [0.15, 0.2) is 66.7 Å². The fourth-order valence-corrected chi connectivity index (χ4v) is 6.39. The molecule has 2 amide bonds. The summed E-state index contributed by atoms with van der Waals surface area (Å²) in [4.78, 5) is 40.5. The minimum Gasteiger partial charge on any atom is -0.274 e. The summed E-state index contributed by atoms with van der Waals surface area (Å²) in [6, 6.07) is 16.0. The number of hydrogen-bond acceptors (Lipinski definition) is 4. The first-order valence-corrected chi connectivity index (χ1v) is 11.1. The molecule has 0 N–H and O–H groups in total. The minimum atomic E-state index is -4.82. The molecule has 6 nitrogen and oxygen atoms in total. The normalized spacial score (nSPS) is 26.4. The molecule has 1 fully saturated rings. The van der Waals surface area contributed by atoms with E-state index >= 15 is 0 Å². The highest BCUT2D eigenvalue weighted by molar-refractivity contribution is 6.31. The second kappa shape index (κ2) is 6.91. The third-order valence-electron chi connectivity index (χ3n) is 7.37. The van der Waals surface area contributed by atoms with Crippen molar-refractivity contribution >= 4 is 29.1 Å². The monoisotopic (exact) mass is 498 g/mol. The second-order valence-electron chi connectivity index (χ2n) is 8.85. The minimum absolute atomic E-state index is 0.322. The molecule has 1 heterocycles. The Morgan fingerprint density at radius 1 is 0.914 bits per heavy atom. The van der Waals surface area contributed by atoms with Crippen LogP contribution in [0.3, 0.4) is 0 Å². The highest BCUT2D eigenvalue weighted by atomic mass is 35.5. The highest BCUT2D eigenvalue weighted by Crippen LogP contribution is 2.64. The van der Waals surface area contributed by atoms with Crippen molar-refractivity contribution in [3.63, 3.8) is 0 Å². The van der Waals surface area contributed by atoms with Crippen molar-refractivity contribution in [1.82, 2.24) is 0 Å². The maximum absolute atomic E-state index is 13.8. The van der Waals surface area contributed by atoms with Gasteiger partial charge in [-0.05, 0) is 29.3 Å². The van der Waals surface area contributed by atoms with E-state index in [0.29, 0.717) is 33.2 Å². The zero-order valence-corrected chi connectivity index (χ0v) is 18.4. The van der Waals surface area contributed by atoms with Gasteiger partial charge in [0, 0.05) is 22.0 Å². The number of nitro groups is 1. The smallest absolute Gasteiger partial charge is 0.274 e. The summed E-state index contributed by atoms with van der Waals surface area (Å²) < 4.78 is 40.5. The van der Waals surface area contributed by atoms with Gasteiger partial charge in [0.15, 0.2) is 0 Å². The fraction of sp³-hybridized carbons (Fsp3) is 0.200. The Labute approximate surface area is 201 Å². The zero-order valence-electron chi connectivity index (χ0n) is 17.6. The summed E-state index contributed by atoms with van der Waals surface area (Å²) in [6.45, 7) is 0. The molecule has 35 heavy (non-hydrogen) atoms. The van der Waals surface area contributed by atoms with Crippen LogP contribution in [0.5, 0.6) is 0 Å². The number of rotatable bonds is 2. The number of carbonyl (C=O) groups is 2. The van der Waals surface area contributed by atoms with Crippen LogP contribution in [-0.4, -0.2) is 16.7 Å². The first kappa shape index (κ1) is 21.8. The lowest BCUT2D eigenvalue weighted by Crippen LogP contribution is -2.57. The summed E-state index contributed by atoms with van der Waals surface area (Å²) in [5, 5.41) is 12.3. The Bertz CT molecular complexity index is 1420. The average Bonchev–Trinajstić information content (AvgIpc) is 3.09. The lowest BCUT2D eigenvalue weighted by atomic mass is 9.51. The molecule has 2 atom stereocenters. The van der Waals surface area contributed by atoms with E-state index in [1.54, 1.807) is 48.5 Å². The van der Waals surface area contributed by atoms with Crippen molar-refractivity contribution in [3.05, 3.63) is 110 Å². The van der Waals surface area contributed by atoms with Gasteiger partial charge in [-0.15, -0.1) is 0 Å². The third-order valence-corrected chi connectivity index (χ3v) is 7.70. The average molecular weight is 499 g/mol. The number of benzene rings is 3. The Hall–Kier alpha value is -3.72. The molecule has 1 aliphatic heterocycles. The molecule has 0 saturated carbocycles. The van der Waals surface area contributed by atoms with Crippen LogP contribution >= 0.6 is 11.6 Å². The standard InChI is InChI=1S/C25H14ClF3N2O4/c26-18-10-9-12(11-17(18)25(27,28)29)30-22(32)20-19-13-5-1-3-7-15(13)24(31(34)35,21(20)23(30)33)16-8-4-2-6-14(16)19/h1-11,19-21H/t19?,20-,21+,24?/m1/s1. The van der Waals surface area contributed by atoms with E-state index in [4.69, 9.17) is 11.6 Å². The van der Waals surface area contributed by atoms with Gasteiger partial charge in [0.25, 0.3) is 5.54 Å². The van der Waals surface area contributed by atoms with E-state index in [1.807, 2.05) is 0 Å². The maximum Gasteiger partial charge on any atom is 0.417 e. The van der Waals surface area contributed by atoms with E-state index in [0.717, 1.165) is 12.1 Å². The molecular formula is C25H14ClF3N2O4. The van der Waals surface area contributed by atoms with Gasteiger partial charge in [-0.2, -0.15) is 13.2 Å². The summed E-state index contributed by atoms with van der Waals surface area (Å²) in [5.41, 5.74) is -1.79. The summed E-state index contributed by atoms with van der Waals surface area (Å²) in [6.07, 6.45) is -4.82. The van der Waals surface area contributed by atoms with Gasteiger partial charge in [0.1, 0.15) is 5.92 Å². The molecule has 3 aromatic carbocycles. The summed E-state index contributed by atoms with van der Waals surface area (Å²) in [5.74, 6) is -4.87. The largest absolute Gasteiger partial charge is 0.417 e. The number of imide groups is 1. The number of nitrogens with zero attached hydrogens (tertiary/aromatic N) is 2. The maximum atomic E-state index is 13.8. The number of alkyl halides is 3. The molecule has 0 spiro atoms. The van der Waals surface area contributed by atoms with Crippen LogP contribution < -0.4 is 4.90 Å². The van der Waals surface area contributed by atoms with Crippen molar-refractivity contribution in [2.45, 2.75) is 17.6 Å². The number of anilines is 1. The van der Waals surface area contributed by atoms with Crippen LogP contribution in [-0.2, 0) is 21.3 Å². The number of hydrogen-bond donors (Lipinski definition) is 0. The van der Waals surface area contributed by atoms with Crippen LogP contribution in [0, 0.1) is 22.0 Å². The van der Waals surface area contributed by atoms with Crippen molar-refractivity contribution < 1.29 is 27.7 Å². The number of carbonyl (C=O) groups excluding carboxylic acids is 2. The van der Waals surface area contributed by atoms with Gasteiger partial charge >= 0.3 is 6.18 Å². The molecular weight excluding hydrogens is 485 g/mol. The van der Waals surface area contributed by atoms with Gasteiger partial charge in [-0.1, -0.05) is 60.1 Å². The lowest BCUT2D eigenvalue weighted by molar-refractivity contribution is -0.578. The molecule has 3 aromatic rings. The SMILES string of the molecule is O=C1[C@@H]2C3c4ccccc4C([N+](=O)[O-])(c4ccccc43)[C@@H]2C(=O)N1c1ccc(Cl)c(C(F)(F)F)c1. The molecule has 176 valence electrons. The fourth-order valence-electron chi connectivity index (χ4n) is 6.17. The van der Waals surface area contributed by atoms with Crippen molar-refractivity contribution in [1.29, 1.82) is 0 Å². The van der Waals surface area contributed by atoms with Crippen molar-refractivity contribution in [3.8, 4) is 0 Å². The molecule has 0 unspecified atom stereocenters. The van der Waals surface area contributed by atoms with Crippen LogP contribution in [0.4, 0.5) is 18.9 Å². The highest BCUT2D eigenvalue weighted by Gasteiger charge is 2.74. The second-order valence-corrected chi connectivity index (χ2v) is 9.26. The Morgan fingerprint density at radius 3 is 2.03 bits per heavy atom. The molecule has 7 rings (SSSR count). The molecule has 0 aromatic heterocycles. The Kier molecular flexibility index (Phi) is 4.30. The van der Waals surface area contributed by atoms with E-state index in [2.05, 4.69) is 0 Å². The Balaban J connectivity index is 1.61. The van der Waals surface area contributed by atoms with Gasteiger partial charge in [-0.25, -0.2) is 4.90 Å². The third kappa shape index (κ3) is 2.56. The molecule has 4 aliphatic rings. The molecule has 3 aliphatic carbocycles. The first-order chi connectivity index (χ1) is 16.6. The number of amides is 2. The Morgan fingerprint density at radius 2 is 1.49 bits per heavy atom. The molecule has 2 bridgehead atoms. The molecule has 10 heteroatoms. The quantitative estimate of drug-likeness (QED) is 0.278. The topological polar surface area (TPSA) is 80.5 Å². The van der Waals surface area contributed by atoms with E-state index < -0.39 is 56.8 Å². The zero-order chi connectivity index (χ0) is 24.9. The van der Waals surface area contributed by atoms with Gasteiger partial charge in [0.05, 0.1) is 22.2 Å². The van der Waals surface area contributed by atoms with Crippen molar-refractivity contribution in [2.75, 3.05) is 4.90 Å². The summed E-state index contributed by atoms with van der Waals surface area (Å²) >= 11 is 5.73. The van der Waals surface area contributed by atoms with Crippen molar-refractivity contribution in [2.24, 2.45) is 11.8 Å².